The van der Waals surface area contributed by atoms with Gasteiger partial charge in [-0.05, 0) is 36.4 Å². The quantitative estimate of drug-likeness (QED) is 0.628. The van der Waals surface area contributed by atoms with Gasteiger partial charge in [-0.15, -0.1) is 11.3 Å². The average Bonchev–Trinajstić information content (AvgIpc) is 3.31. The number of halogens is 1. The second-order valence-corrected chi connectivity index (χ2v) is 7.57. The van der Waals surface area contributed by atoms with E-state index in [-0.39, 0.29) is 17.6 Å². The molecule has 0 bridgehead atoms. The Hall–Kier alpha value is -3.26. The van der Waals surface area contributed by atoms with Crippen LogP contribution < -0.4 is 4.74 Å². The lowest BCUT2D eigenvalue weighted by atomic mass is 10.1. The van der Waals surface area contributed by atoms with Crippen molar-refractivity contribution < 1.29 is 18.7 Å². The number of benzene rings is 2. The highest BCUT2D eigenvalue weighted by Crippen LogP contribution is 2.22. The number of hydrogen-bond donors (Lipinski definition) is 0. The SMILES string of the molecule is O=C(c1ccc(F)cc1)N1CCN(C(=O)c2ccccc2OCc2cscn2)CC1. The van der Waals surface area contributed by atoms with Crippen LogP contribution in [0.3, 0.4) is 0 Å². The van der Waals surface area contributed by atoms with Gasteiger partial charge in [0.05, 0.1) is 16.8 Å². The smallest absolute Gasteiger partial charge is 0.257 e. The van der Waals surface area contributed by atoms with Crippen LogP contribution in [0.2, 0.25) is 0 Å². The summed E-state index contributed by atoms with van der Waals surface area (Å²) in [5, 5.41) is 1.90. The third-order valence-corrected chi connectivity index (χ3v) is 5.56. The fourth-order valence-corrected chi connectivity index (χ4v) is 3.83. The van der Waals surface area contributed by atoms with E-state index in [9.17, 15) is 14.0 Å². The second-order valence-electron chi connectivity index (χ2n) is 6.86. The van der Waals surface area contributed by atoms with E-state index in [2.05, 4.69) is 4.98 Å². The highest BCUT2D eigenvalue weighted by molar-refractivity contribution is 7.07. The molecule has 1 fully saturated rings. The van der Waals surface area contributed by atoms with Gasteiger partial charge >= 0.3 is 0 Å². The van der Waals surface area contributed by atoms with Gasteiger partial charge in [-0.2, -0.15) is 0 Å². The molecular weight excluding hydrogens is 405 g/mol. The summed E-state index contributed by atoms with van der Waals surface area (Å²) in [5.41, 5.74) is 3.49. The van der Waals surface area contributed by atoms with E-state index in [0.717, 1.165) is 5.69 Å². The Bertz CT molecular complexity index is 1020. The van der Waals surface area contributed by atoms with Gasteiger partial charge in [-0.1, -0.05) is 12.1 Å². The van der Waals surface area contributed by atoms with Crippen molar-refractivity contribution in [2.75, 3.05) is 26.2 Å². The maximum Gasteiger partial charge on any atom is 0.257 e. The maximum absolute atomic E-state index is 13.1. The fourth-order valence-electron chi connectivity index (χ4n) is 3.29. The molecule has 0 atom stereocenters. The topological polar surface area (TPSA) is 62.7 Å². The number of nitrogens with zero attached hydrogens (tertiary/aromatic N) is 3. The number of thiazole rings is 1. The minimum absolute atomic E-state index is 0.127. The summed E-state index contributed by atoms with van der Waals surface area (Å²) in [5.74, 6) is -0.148. The van der Waals surface area contributed by atoms with Gasteiger partial charge in [0.15, 0.2) is 0 Å². The molecule has 2 aromatic carbocycles. The number of piperazine rings is 1. The third-order valence-electron chi connectivity index (χ3n) is 4.92. The van der Waals surface area contributed by atoms with E-state index in [1.54, 1.807) is 33.5 Å². The van der Waals surface area contributed by atoms with Crippen molar-refractivity contribution in [1.82, 2.24) is 14.8 Å². The Balaban J connectivity index is 1.38. The Morgan fingerprint density at radius 3 is 2.30 bits per heavy atom. The molecule has 3 aromatic rings. The molecule has 8 heteroatoms. The second kappa shape index (κ2) is 9.04. The van der Waals surface area contributed by atoms with Crippen molar-refractivity contribution in [3.05, 3.63) is 82.1 Å². The largest absolute Gasteiger partial charge is 0.486 e. The van der Waals surface area contributed by atoms with Crippen LogP contribution >= 0.6 is 11.3 Å². The Kier molecular flexibility index (Phi) is 6.04. The van der Waals surface area contributed by atoms with E-state index >= 15 is 0 Å². The van der Waals surface area contributed by atoms with Crippen LogP contribution in [0.5, 0.6) is 5.75 Å². The van der Waals surface area contributed by atoms with E-state index < -0.39 is 0 Å². The van der Waals surface area contributed by atoms with Crippen LogP contribution in [-0.2, 0) is 6.61 Å². The first-order chi connectivity index (χ1) is 14.6. The summed E-state index contributed by atoms with van der Waals surface area (Å²) < 4.78 is 18.9. The maximum atomic E-state index is 13.1. The van der Waals surface area contributed by atoms with Crippen LogP contribution in [0.1, 0.15) is 26.4 Å². The molecule has 2 amide bonds. The lowest BCUT2D eigenvalue weighted by Gasteiger charge is -2.35. The van der Waals surface area contributed by atoms with Gasteiger partial charge in [0.1, 0.15) is 18.2 Å². The van der Waals surface area contributed by atoms with Crippen molar-refractivity contribution in [2.45, 2.75) is 6.61 Å². The van der Waals surface area contributed by atoms with E-state index in [1.165, 1.54) is 35.6 Å². The monoisotopic (exact) mass is 425 g/mol. The Morgan fingerprint density at radius 2 is 1.63 bits per heavy atom. The van der Waals surface area contributed by atoms with Gasteiger partial charge in [0, 0.05) is 37.1 Å². The zero-order valence-electron chi connectivity index (χ0n) is 16.2. The molecule has 0 N–H and O–H groups in total. The molecule has 4 rings (SSSR count). The molecule has 0 aliphatic carbocycles. The van der Waals surface area contributed by atoms with Gasteiger partial charge in [0.2, 0.25) is 0 Å². The van der Waals surface area contributed by atoms with Crippen LogP contribution in [-0.4, -0.2) is 52.8 Å². The van der Waals surface area contributed by atoms with E-state index in [1.807, 2.05) is 11.4 Å². The average molecular weight is 425 g/mol. The molecule has 1 saturated heterocycles. The number of para-hydroxylation sites is 1. The minimum atomic E-state index is -0.377. The predicted octanol–water partition coefficient (Wildman–Crippen LogP) is 3.46. The number of carbonyl (C=O) groups is 2. The van der Waals surface area contributed by atoms with Crippen molar-refractivity contribution in [3.63, 3.8) is 0 Å². The predicted molar refractivity (Wildman–Crippen MR) is 111 cm³/mol. The highest BCUT2D eigenvalue weighted by atomic mass is 32.1. The first-order valence-electron chi connectivity index (χ1n) is 9.55. The van der Waals surface area contributed by atoms with Crippen LogP contribution in [0.4, 0.5) is 4.39 Å². The molecule has 6 nitrogen and oxygen atoms in total. The Labute approximate surface area is 177 Å². The first kappa shape index (κ1) is 20.0. The van der Waals surface area contributed by atoms with E-state index in [0.29, 0.717) is 49.7 Å². The summed E-state index contributed by atoms with van der Waals surface area (Å²) in [6.45, 7) is 1.99. The molecular formula is C22H20FN3O3S. The molecule has 154 valence electrons. The Morgan fingerprint density at radius 1 is 0.967 bits per heavy atom. The van der Waals surface area contributed by atoms with Crippen LogP contribution in [0, 0.1) is 5.82 Å². The number of carbonyl (C=O) groups excluding carboxylic acids is 2. The molecule has 2 heterocycles. The summed E-state index contributed by atoms with van der Waals surface area (Å²) in [6.07, 6.45) is 0. The summed E-state index contributed by atoms with van der Waals surface area (Å²) in [7, 11) is 0. The van der Waals surface area contributed by atoms with Gasteiger partial charge in [0.25, 0.3) is 11.8 Å². The molecule has 0 unspecified atom stereocenters. The molecule has 1 aromatic heterocycles. The number of ether oxygens (including phenoxy) is 1. The van der Waals surface area contributed by atoms with Gasteiger partial charge < -0.3 is 14.5 Å². The molecule has 0 spiro atoms. The molecule has 1 aliphatic heterocycles. The first-order valence-corrected chi connectivity index (χ1v) is 10.5. The lowest BCUT2D eigenvalue weighted by molar-refractivity contribution is 0.0533. The zero-order chi connectivity index (χ0) is 20.9. The van der Waals surface area contributed by atoms with Gasteiger partial charge in [-0.25, -0.2) is 9.37 Å². The summed E-state index contributed by atoms with van der Waals surface area (Å²) in [4.78, 5) is 33.2. The third kappa shape index (κ3) is 4.49. The molecule has 1 aliphatic rings. The molecule has 30 heavy (non-hydrogen) atoms. The molecule has 0 radical (unpaired) electrons. The zero-order valence-corrected chi connectivity index (χ0v) is 17.0. The van der Waals surface area contributed by atoms with Gasteiger partial charge in [-0.3, -0.25) is 9.59 Å². The highest BCUT2D eigenvalue weighted by Gasteiger charge is 2.27. The number of hydrogen-bond acceptors (Lipinski definition) is 5. The lowest BCUT2D eigenvalue weighted by Crippen LogP contribution is -2.50. The van der Waals surface area contributed by atoms with Crippen molar-refractivity contribution in [1.29, 1.82) is 0 Å². The fraction of sp³-hybridized carbons (Fsp3) is 0.227. The van der Waals surface area contributed by atoms with Crippen LogP contribution in [0.25, 0.3) is 0 Å². The number of rotatable bonds is 5. The van der Waals surface area contributed by atoms with E-state index in [4.69, 9.17) is 4.74 Å². The normalized spacial score (nSPS) is 13.9. The minimum Gasteiger partial charge on any atom is -0.486 e. The van der Waals surface area contributed by atoms with Crippen molar-refractivity contribution in [3.8, 4) is 5.75 Å². The number of aromatic nitrogens is 1. The summed E-state index contributed by atoms with van der Waals surface area (Å²) in [6, 6.07) is 12.6. The summed E-state index contributed by atoms with van der Waals surface area (Å²) >= 11 is 1.49. The number of amides is 2. The molecule has 0 saturated carbocycles. The van der Waals surface area contributed by atoms with Crippen LogP contribution in [0.15, 0.2) is 59.4 Å². The van der Waals surface area contributed by atoms with Crippen molar-refractivity contribution >= 4 is 23.2 Å². The standard InChI is InChI=1S/C22H20FN3O3S/c23-17-7-5-16(6-8-17)21(27)25-9-11-26(12-10-25)22(28)19-3-1-2-4-20(19)29-13-18-14-30-15-24-18/h1-8,14-15H,9-13H2. The van der Waals surface area contributed by atoms with Crippen molar-refractivity contribution in [2.24, 2.45) is 0 Å².